The van der Waals surface area contributed by atoms with Crippen molar-refractivity contribution < 1.29 is 14.0 Å². The quantitative estimate of drug-likeness (QED) is 0.668. The molecule has 0 saturated carbocycles. The van der Waals surface area contributed by atoms with E-state index < -0.39 is 0 Å². The van der Waals surface area contributed by atoms with Crippen LogP contribution in [0.5, 0.6) is 0 Å². The molecule has 6 heteroatoms. The van der Waals surface area contributed by atoms with Crippen molar-refractivity contribution in [1.82, 2.24) is 16.0 Å². The first kappa shape index (κ1) is 12.6. The Balaban J connectivity index is 1.78. The number of hydrogen-bond donors (Lipinski definition) is 3. The van der Waals surface area contributed by atoms with Crippen LogP contribution in [-0.2, 0) is 16.0 Å². The number of carbonyl (C=O) groups is 2. The zero-order chi connectivity index (χ0) is 13.0. The molecule has 1 aliphatic heterocycles. The molecular weight excluding hydrogens is 234 g/mol. The van der Waals surface area contributed by atoms with E-state index in [1.807, 2.05) is 19.1 Å². The molecule has 1 aromatic heterocycles. The molecule has 1 aromatic rings. The van der Waals surface area contributed by atoms with Crippen LogP contribution in [0, 0.1) is 0 Å². The van der Waals surface area contributed by atoms with Gasteiger partial charge in [0.15, 0.2) is 0 Å². The van der Waals surface area contributed by atoms with Crippen LogP contribution in [0.4, 0.5) is 0 Å². The molecule has 18 heavy (non-hydrogen) atoms. The maximum absolute atomic E-state index is 11.9. The summed E-state index contributed by atoms with van der Waals surface area (Å²) in [6.45, 7) is 2.44. The highest BCUT2D eigenvalue weighted by Crippen LogP contribution is 2.04. The predicted octanol–water partition coefficient (Wildman–Crippen LogP) is -0.585. The molecule has 0 spiro atoms. The summed E-state index contributed by atoms with van der Waals surface area (Å²) < 4.78 is 5.22. The molecule has 2 atom stereocenters. The van der Waals surface area contributed by atoms with Gasteiger partial charge in [-0.15, -0.1) is 0 Å². The Bertz CT molecular complexity index is 406. The molecule has 0 aliphatic carbocycles. The van der Waals surface area contributed by atoms with Gasteiger partial charge in [0.2, 0.25) is 11.8 Å². The number of amides is 2. The average molecular weight is 251 g/mol. The second-order valence-corrected chi connectivity index (χ2v) is 4.43. The first-order valence-electron chi connectivity index (χ1n) is 5.98. The van der Waals surface area contributed by atoms with E-state index in [0.29, 0.717) is 13.0 Å². The van der Waals surface area contributed by atoms with Gasteiger partial charge < -0.3 is 15.1 Å². The summed E-state index contributed by atoms with van der Waals surface area (Å²) in [5, 5.41) is 8.43. The fraction of sp³-hybridized carbons (Fsp3) is 0.500. The SMILES string of the molecule is CC(Cc1ccco1)NC(=O)C1CNC(=O)CN1. The maximum Gasteiger partial charge on any atom is 0.239 e. The summed E-state index contributed by atoms with van der Waals surface area (Å²) in [4.78, 5) is 22.8. The molecule has 3 N–H and O–H groups in total. The number of hydrogen-bond acceptors (Lipinski definition) is 4. The normalized spacial score (nSPS) is 21.2. The topological polar surface area (TPSA) is 83.4 Å². The van der Waals surface area contributed by atoms with Crippen LogP contribution in [0.3, 0.4) is 0 Å². The minimum Gasteiger partial charge on any atom is -0.469 e. The molecular formula is C12H17N3O3. The standard InChI is InChI=1S/C12H17N3O3/c1-8(5-9-3-2-4-18-9)15-12(17)10-6-14-11(16)7-13-10/h2-4,8,10,13H,5-7H2,1H3,(H,14,16)(H,15,17). The lowest BCUT2D eigenvalue weighted by molar-refractivity contribution is -0.126. The van der Waals surface area contributed by atoms with E-state index >= 15 is 0 Å². The first-order chi connectivity index (χ1) is 8.65. The molecule has 1 saturated heterocycles. The first-order valence-corrected chi connectivity index (χ1v) is 5.98. The Hall–Kier alpha value is -1.82. The lowest BCUT2D eigenvalue weighted by atomic mass is 10.1. The Morgan fingerprint density at radius 3 is 3.11 bits per heavy atom. The highest BCUT2D eigenvalue weighted by Gasteiger charge is 2.24. The van der Waals surface area contributed by atoms with E-state index in [1.165, 1.54) is 0 Å². The zero-order valence-electron chi connectivity index (χ0n) is 10.2. The van der Waals surface area contributed by atoms with Crippen molar-refractivity contribution in [3.05, 3.63) is 24.2 Å². The van der Waals surface area contributed by atoms with Gasteiger partial charge in [0.25, 0.3) is 0 Å². The number of rotatable bonds is 4. The van der Waals surface area contributed by atoms with Crippen molar-refractivity contribution in [2.24, 2.45) is 0 Å². The second-order valence-electron chi connectivity index (χ2n) is 4.43. The van der Waals surface area contributed by atoms with E-state index in [9.17, 15) is 9.59 Å². The fourth-order valence-corrected chi connectivity index (χ4v) is 1.88. The predicted molar refractivity (Wildman–Crippen MR) is 64.8 cm³/mol. The van der Waals surface area contributed by atoms with Crippen molar-refractivity contribution in [3.63, 3.8) is 0 Å². The summed E-state index contributed by atoms with van der Waals surface area (Å²) >= 11 is 0. The highest BCUT2D eigenvalue weighted by molar-refractivity contribution is 5.86. The molecule has 0 aromatic carbocycles. The van der Waals surface area contributed by atoms with Crippen LogP contribution in [-0.4, -0.2) is 37.0 Å². The van der Waals surface area contributed by atoms with E-state index in [-0.39, 0.29) is 30.4 Å². The van der Waals surface area contributed by atoms with Crippen molar-refractivity contribution in [2.75, 3.05) is 13.1 Å². The van der Waals surface area contributed by atoms with Crippen LogP contribution in [0.2, 0.25) is 0 Å². The Morgan fingerprint density at radius 2 is 2.50 bits per heavy atom. The molecule has 2 unspecified atom stereocenters. The summed E-state index contributed by atoms with van der Waals surface area (Å²) in [6, 6.07) is 3.33. The highest BCUT2D eigenvalue weighted by atomic mass is 16.3. The Kier molecular flexibility index (Phi) is 3.99. The summed E-state index contributed by atoms with van der Waals surface area (Å²) in [5.74, 6) is 0.657. The van der Waals surface area contributed by atoms with Crippen LogP contribution in [0.1, 0.15) is 12.7 Å². The molecule has 1 fully saturated rings. The number of piperazine rings is 1. The smallest absolute Gasteiger partial charge is 0.239 e. The molecule has 2 rings (SSSR count). The van der Waals surface area contributed by atoms with E-state index in [1.54, 1.807) is 6.26 Å². The lowest BCUT2D eigenvalue weighted by Gasteiger charge is -2.24. The zero-order valence-corrected chi connectivity index (χ0v) is 10.2. The average Bonchev–Trinajstić information content (AvgIpc) is 2.82. The van der Waals surface area contributed by atoms with Crippen molar-refractivity contribution >= 4 is 11.8 Å². The van der Waals surface area contributed by atoms with Gasteiger partial charge >= 0.3 is 0 Å². The minimum absolute atomic E-state index is 0.0110. The van der Waals surface area contributed by atoms with Gasteiger partial charge in [0.05, 0.1) is 12.8 Å². The largest absolute Gasteiger partial charge is 0.469 e. The molecule has 98 valence electrons. The van der Waals surface area contributed by atoms with E-state index in [4.69, 9.17) is 4.42 Å². The summed E-state index contributed by atoms with van der Waals surface area (Å²) in [6.07, 6.45) is 2.26. The fourth-order valence-electron chi connectivity index (χ4n) is 1.88. The third kappa shape index (κ3) is 3.33. The van der Waals surface area contributed by atoms with Crippen LogP contribution < -0.4 is 16.0 Å². The van der Waals surface area contributed by atoms with Crippen molar-refractivity contribution in [3.8, 4) is 0 Å². The maximum atomic E-state index is 11.9. The number of carbonyl (C=O) groups excluding carboxylic acids is 2. The van der Waals surface area contributed by atoms with Gasteiger partial charge in [-0.2, -0.15) is 0 Å². The van der Waals surface area contributed by atoms with E-state index in [2.05, 4.69) is 16.0 Å². The molecule has 6 nitrogen and oxygen atoms in total. The van der Waals surface area contributed by atoms with Crippen LogP contribution in [0.15, 0.2) is 22.8 Å². The molecule has 2 heterocycles. The Morgan fingerprint density at radius 1 is 1.67 bits per heavy atom. The van der Waals surface area contributed by atoms with Gasteiger partial charge in [0.1, 0.15) is 11.8 Å². The number of nitrogens with one attached hydrogen (secondary N) is 3. The third-order valence-corrected chi connectivity index (χ3v) is 2.80. The summed E-state index contributed by atoms with van der Waals surface area (Å²) in [7, 11) is 0. The van der Waals surface area contributed by atoms with Crippen LogP contribution in [0.25, 0.3) is 0 Å². The van der Waals surface area contributed by atoms with Crippen LogP contribution >= 0.6 is 0 Å². The second kappa shape index (κ2) is 5.68. The van der Waals surface area contributed by atoms with Gasteiger partial charge in [0, 0.05) is 19.0 Å². The minimum atomic E-state index is -0.359. The van der Waals surface area contributed by atoms with Gasteiger partial charge in [-0.1, -0.05) is 0 Å². The molecule has 0 radical (unpaired) electrons. The lowest BCUT2D eigenvalue weighted by Crippen LogP contribution is -2.59. The summed E-state index contributed by atoms with van der Waals surface area (Å²) in [5.41, 5.74) is 0. The van der Waals surface area contributed by atoms with E-state index in [0.717, 1.165) is 5.76 Å². The van der Waals surface area contributed by atoms with Crippen molar-refractivity contribution in [2.45, 2.75) is 25.4 Å². The monoisotopic (exact) mass is 251 g/mol. The van der Waals surface area contributed by atoms with Gasteiger partial charge in [-0.25, -0.2) is 0 Å². The molecule has 1 aliphatic rings. The molecule has 2 amide bonds. The van der Waals surface area contributed by atoms with Crippen molar-refractivity contribution in [1.29, 1.82) is 0 Å². The van der Waals surface area contributed by atoms with Gasteiger partial charge in [-0.05, 0) is 19.1 Å². The molecule has 0 bridgehead atoms. The number of furan rings is 1. The van der Waals surface area contributed by atoms with Gasteiger partial charge in [-0.3, -0.25) is 14.9 Å². The third-order valence-electron chi connectivity index (χ3n) is 2.80. The Labute approximate surface area is 105 Å².